The summed E-state index contributed by atoms with van der Waals surface area (Å²) in [5.41, 5.74) is 5.55. The summed E-state index contributed by atoms with van der Waals surface area (Å²) in [6, 6.07) is 17.6. The van der Waals surface area contributed by atoms with Gasteiger partial charge in [-0.3, -0.25) is 9.59 Å². The van der Waals surface area contributed by atoms with Gasteiger partial charge in [-0.2, -0.15) is 0 Å². The van der Waals surface area contributed by atoms with Crippen molar-refractivity contribution in [2.75, 3.05) is 14.2 Å². The Morgan fingerprint density at radius 2 is 1.22 bits per heavy atom. The van der Waals surface area contributed by atoms with E-state index in [0.717, 1.165) is 46.8 Å². The maximum atomic E-state index is 12.9. The number of benzene rings is 3. The van der Waals surface area contributed by atoms with Crippen molar-refractivity contribution in [1.29, 1.82) is 0 Å². The van der Waals surface area contributed by atoms with E-state index in [0.29, 0.717) is 34.4 Å². The summed E-state index contributed by atoms with van der Waals surface area (Å²) in [5, 5.41) is 19.0. The highest BCUT2D eigenvalue weighted by Gasteiger charge is 2.28. The Morgan fingerprint density at radius 3 is 1.75 bits per heavy atom. The first-order valence-corrected chi connectivity index (χ1v) is 21.9. The Bertz CT molecular complexity index is 1850. The minimum atomic E-state index is -0.0569. The molecule has 0 bridgehead atoms. The molecule has 0 amide bonds. The minimum Gasteiger partial charge on any atom is -0.508 e. The number of hydrogen-bond donors (Lipinski definition) is 2. The number of phenols is 2. The zero-order chi connectivity index (χ0) is 44.5. The van der Waals surface area contributed by atoms with Crippen LogP contribution in [0.4, 0.5) is 0 Å². The van der Waals surface area contributed by atoms with Crippen LogP contribution < -0.4 is 9.47 Å². The number of carbonyl (C=O) groups is 2. The van der Waals surface area contributed by atoms with Crippen LogP contribution >= 0.6 is 0 Å². The average Bonchev–Trinajstić information content (AvgIpc) is 3.16. The molecule has 59 heavy (non-hydrogen) atoms. The number of Topliss-reactive ketones (excluding diaryl/α,β-unsaturated/α-hetero) is 2. The van der Waals surface area contributed by atoms with Gasteiger partial charge >= 0.3 is 0 Å². The van der Waals surface area contributed by atoms with Gasteiger partial charge in [0.05, 0.1) is 14.2 Å². The largest absolute Gasteiger partial charge is 0.508 e. The number of methoxy groups -OCH3 is 2. The van der Waals surface area contributed by atoms with Gasteiger partial charge in [-0.15, -0.1) is 0 Å². The van der Waals surface area contributed by atoms with Crippen LogP contribution in [0.2, 0.25) is 0 Å². The fourth-order valence-electron chi connectivity index (χ4n) is 7.41. The maximum absolute atomic E-state index is 12.9. The molecular weight excluding hydrogens is 733 g/mol. The number of allylic oxidation sites excluding steroid dienone is 4. The van der Waals surface area contributed by atoms with Crippen molar-refractivity contribution in [2.24, 2.45) is 17.8 Å². The molecule has 0 spiro atoms. The van der Waals surface area contributed by atoms with E-state index in [9.17, 15) is 19.8 Å². The first kappa shape index (κ1) is 50.8. The van der Waals surface area contributed by atoms with Gasteiger partial charge in [-0.05, 0) is 98.1 Å². The Kier molecular flexibility index (Phi) is 20.7. The molecule has 1 aliphatic rings. The van der Waals surface area contributed by atoms with Crippen molar-refractivity contribution < 1.29 is 29.3 Å². The van der Waals surface area contributed by atoms with Crippen LogP contribution in [0.15, 0.2) is 83.5 Å². The SMILES string of the molecule is CC(=CCC1=C(C)C(=O)c2ccccc2C1=O)CCCC(C)CCCC(C)CCCC(C)C.COc1ccc(O)c(C(C)(C)C)c1.COc1ccc(O)cc1C(C)(C)C. The molecule has 0 saturated carbocycles. The van der Waals surface area contributed by atoms with Crippen molar-refractivity contribution in [3.05, 3.63) is 106 Å². The number of ketones is 2. The quantitative estimate of drug-likeness (QED) is 0.140. The molecule has 0 heterocycles. The topological polar surface area (TPSA) is 93.1 Å². The number of phenolic OH excluding ortho intramolecular Hbond substituents is 2. The van der Waals surface area contributed by atoms with E-state index in [2.05, 4.69) is 82.2 Å². The molecule has 0 fully saturated rings. The summed E-state index contributed by atoms with van der Waals surface area (Å²) in [7, 11) is 3.26. The average molecular weight is 811 g/mol. The molecule has 3 aromatic carbocycles. The zero-order valence-corrected chi connectivity index (χ0v) is 39.2. The van der Waals surface area contributed by atoms with Crippen molar-refractivity contribution in [3.63, 3.8) is 0 Å². The summed E-state index contributed by atoms with van der Waals surface area (Å²) in [6.07, 6.45) is 14.4. The van der Waals surface area contributed by atoms with E-state index in [4.69, 9.17) is 9.47 Å². The summed E-state index contributed by atoms with van der Waals surface area (Å²) in [6.45, 7) is 25.8. The lowest BCUT2D eigenvalue weighted by molar-refractivity contribution is 0.0973. The van der Waals surface area contributed by atoms with Crippen LogP contribution in [0.25, 0.3) is 0 Å². The number of fused-ring (bicyclic) bond motifs is 1. The monoisotopic (exact) mass is 811 g/mol. The smallest absolute Gasteiger partial charge is 0.190 e. The van der Waals surface area contributed by atoms with Gasteiger partial charge in [0.15, 0.2) is 11.6 Å². The van der Waals surface area contributed by atoms with Gasteiger partial charge in [0.1, 0.15) is 23.0 Å². The summed E-state index contributed by atoms with van der Waals surface area (Å²) in [5.74, 6) is 4.69. The molecule has 2 atom stereocenters. The highest BCUT2D eigenvalue weighted by atomic mass is 16.5. The molecule has 4 rings (SSSR count). The molecule has 0 saturated heterocycles. The predicted octanol–water partition coefficient (Wildman–Crippen LogP) is 14.6. The standard InChI is InChI=1S/C31H46O2.2C11H16O2/c1-22(2)12-9-13-23(3)14-10-15-24(4)16-11-17-25(5)20-21-27-26(6)30(32)28-18-7-8-19-29(28)31(27)33;1-11(2,3)9-7-8(13-4)5-6-10(9)12;1-11(2,3)9-7-8(12)5-6-10(9)13-4/h7-8,18-20,22-24H,9-17,21H2,1-6H3;2*5-7,12H,1-4H3. The van der Waals surface area contributed by atoms with Crippen molar-refractivity contribution in [3.8, 4) is 23.0 Å². The molecule has 6 heteroatoms. The second-order valence-electron chi connectivity index (χ2n) is 19.2. The molecule has 326 valence electrons. The number of aromatic hydroxyl groups is 2. The first-order valence-electron chi connectivity index (χ1n) is 21.9. The molecule has 2 N–H and O–H groups in total. The van der Waals surface area contributed by atoms with Gasteiger partial charge in [0.2, 0.25) is 0 Å². The summed E-state index contributed by atoms with van der Waals surface area (Å²) in [4.78, 5) is 25.5. The first-order chi connectivity index (χ1) is 27.6. The van der Waals surface area contributed by atoms with Crippen LogP contribution in [0.1, 0.15) is 179 Å². The normalized spacial score (nSPS) is 14.2. The van der Waals surface area contributed by atoms with E-state index < -0.39 is 0 Å². The number of hydrogen-bond acceptors (Lipinski definition) is 6. The van der Waals surface area contributed by atoms with E-state index in [1.807, 2.05) is 18.2 Å². The number of rotatable bonds is 16. The zero-order valence-electron chi connectivity index (χ0n) is 39.2. The second-order valence-corrected chi connectivity index (χ2v) is 19.2. The number of ether oxygens (including phenoxy) is 2. The highest BCUT2D eigenvalue weighted by molar-refractivity contribution is 6.26. The van der Waals surface area contributed by atoms with Gasteiger partial charge in [0, 0.05) is 33.4 Å². The Hall–Kier alpha value is -4.32. The second kappa shape index (κ2) is 24.1. The van der Waals surface area contributed by atoms with Crippen LogP contribution in [0.5, 0.6) is 23.0 Å². The Morgan fingerprint density at radius 1 is 0.678 bits per heavy atom. The van der Waals surface area contributed by atoms with Gasteiger partial charge < -0.3 is 19.7 Å². The maximum Gasteiger partial charge on any atom is 0.190 e. The van der Waals surface area contributed by atoms with Gasteiger partial charge in [0.25, 0.3) is 0 Å². The Labute approximate surface area is 358 Å². The van der Waals surface area contributed by atoms with E-state index in [-0.39, 0.29) is 28.1 Å². The van der Waals surface area contributed by atoms with Crippen LogP contribution in [-0.2, 0) is 10.8 Å². The Balaban J connectivity index is 0.000000375. The van der Waals surface area contributed by atoms with Crippen LogP contribution in [0, 0.1) is 17.8 Å². The third kappa shape index (κ3) is 17.1. The fraction of sp³-hybridized carbons (Fsp3) is 0.547. The predicted molar refractivity (Wildman–Crippen MR) is 248 cm³/mol. The van der Waals surface area contributed by atoms with E-state index in [1.165, 1.54) is 56.9 Å². The molecule has 2 unspecified atom stereocenters. The lowest BCUT2D eigenvalue weighted by Gasteiger charge is -2.21. The molecule has 6 nitrogen and oxygen atoms in total. The van der Waals surface area contributed by atoms with Gasteiger partial charge in [-0.1, -0.05) is 150 Å². The summed E-state index contributed by atoms with van der Waals surface area (Å²) < 4.78 is 10.3. The van der Waals surface area contributed by atoms with Crippen molar-refractivity contribution in [1.82, 2.24) is 0 Å². The minimum absolute atomic E-state index is 0.00526. The fourth-order valence-corrected chi connectivity index (χ4v) is 7.41. The van der Waals surface area contributed by atoms with E-state index >= 15 is 0 Å². The number of carbonyl (C=O) groups excluding carboxylic acids is 2. The summed E-state index contributed by atoms with van der Waals surface area (Å²) >= 11 is 0. The van der Waals surface area contributed by atoms with Crippen LogP contribution in [-0.4, -0.2) is 36.0 Å². The lowest BCUT2D eigenvalue weighted by Crippen LogP contribution is -2.20. The molecule has 3 aromatic rings. The van der Waals surface area contributed by atoms with E-state index in [1.54, 1.807) is 63.6 Å². The van der Waals surface area contributed by atoms with Crippen molar-refractivity contribution in [2.45, 2.75) is 158 Å². The third-order valence-electron chi connectivity index (χ3n) is 11.3. The molecule has 1 aliphatic carbocycles. The highest BCUT2D eigenvalue weighted by Crippen LogP contribution is 2.35. The molecule has 0 aromatic heterocycles. The molecule has 0 radical (unpaired) electrons. The van der Waals surface area contributed by atoms with Crippen molar-refractivity contribution >= 4 is 11.6 Å². The third-order valence-corrected chi connectivity index (χ3v) is 11.3. The van der Waals surface area contributed by atoms with Gasteiger partial charge in [-0.25, -0.2) is 0 Å². The lowest BCUT2D eigenvalue weighted by atomic mass is 9.83. The molecule has 0 aliphatic heterocycles. The van der Waals surface area contributed by atoms with Crippen LogP contribution in [0.3, 0.4) is 0 Å². The molecular formula is C53H78O6.